The van der Waals surface area contributed by atoms with Crippen molar-refractivity contribution >= 4 is 11.8 Å². The molecule has 1 aromatic rings. The number of carbonyl (C=O) groups is 2. The monoisotopic (exact) mass is 296 g/mol. The van der Waals surface area contributed by atoms with Crippen molar-refractivity contribution in [3.63, 3.8) is 0 Å². The molecule has 0 spiro atoms. The Hall–Kier alpha value is -1.82. The Morgan fingerprint density at radius 3 is 2.81 bits per heavy atom. The Labute approximate surface area is 125 Å². The van der Waals surface area contributed by atoms with Crippen LogP contribution in [0.2, 0.25) is 0 Å². The molecule has 1 rings (SSSR count). The molecule has 0 saturated carbocycles. The van der Waals surface area contributed by atoms with Gasteiger partial charge in [-0.2, -0.15) is 0 Å². The highest BCUT2D eigenvalue weighted by molar-refractivity contribution is 5.94. The van der Waals surface area contributed by atoms with Gasteiger partial charge in [0.2, 0.25) is 5.91 Å². The SMILES string of the molecule is CCCN(CCC(=O)NCCCOC)C(=O)c1ccoc1. The molecule has 0 aromatic carbocycles. The minimum absolute atomic E-state index is 0.0489. The number of hydrogen-bond donors (Lipinski definition) is 1. The van der Waals surface area contributed by atoms with E-state index in [1.54, 1.807) is 18.1 Å². The lowest BCUT2D eigenvalue weighted by Crippen LogP contribution is -2.36. The van der Waals surface area contributed by atoms with E-state index in [1.165, 1.54) is 12.5 Å². The zero-order chi connectivity index (χ0) is 15.5. The topological polar surface area (TPSA) is 71.8 Å². The first-order valence-electron chi connectivity index (χ1n) is 7.26. The van der Waals surface area contributed by atoms with Crippen LogP contribution in [0.15, 0.2) is 23.0 Å². The van der Waals surface area contributed by atoms with Gasteiger partial charge in [-0.25, -0.2) is 0 Å². The van der Waals surface area contributed by atoms with Crippen LogP contribution in [0.5, 0.6) is 0 Å². The maximum Gasteiger partial charge on any atom is 0.257 e. The number of methoxy groups -OCH3 is 1. The van der Waals surface area contributed by atoms with E-state index in [9.17, 15) is 9.59 Å². The summed E-state index contributed by atoms with van der Waals surface area (Å²) in [5.74, 6) is -0.148. The van der Waals surface area contributed by atoms with Crippen molar-refractivity contribution in [1.82, 2.24) is 10.2 Å². The molecule has 118 valence electrons. The third-order valence-electron chi connectivity index (χ3n) is 3.01. The van der Waals surface area contributed by atoms with Crippen LogP contribution in [-0.4, -0.2) is 50.1 Å². The van der Waals surface area contributed by atoms with Crippen molar-refractivity contribution in [1.29, 1.82) is 0 Å². The summed E-state index contributed by atoms with van der Waals surface area (Å²) in [6.07, 6.45) is 4.83. The lowest BCUT2D eigenvalue weighted by molar-refractivity contribution is -0.121. The highest BCUT2D eigenvalue weighted by Crippen LogP contribution is 2.07. The van der Waals surface area contributed by atoms with Crippen molar-refractivity contribution < 1.29 is 18.7 Å². The summed E-state index contributed by atoms with van der Waals surface area (Å²) >= 11 is 0. The third-order valence-corrected chi connectivity index (χ3v) is 3.01. The molecule has 0 aliphatic heterocycles. The zero-order valence-electron chi connectivity index (χ0n) is 12.8. The first kappa shape index (κ1) is 17.2. The van der Waals surface area contributed by atoms with Crippen LogP contribution >= 0.6 is 0 Å². The molecule has 0 saturated heterocycles. The molecule has 6 heteroatoms. The van der Waals surface area contributed by atoms with Crippen LogP contribution in [0.4, 0.5) is 0 Å². The fraction of sp³-hybridized carbons (Fsp3) is 0.600. The van der Waals surface area contributed by atoms with Gasteiger partial charge < -0.3 is 19.4 Å². The van der Waals surface area contributed by atoms with E-state index < -0.39 is 0 Å². The zero-order valence-corrected chi connectivity index (χ0v) is 12.8. The Morgan fingerprint density at radius 2 is 2.19 bits per heavy atom. The van der Waals surface area contributed by atoms with Gasteiger partial charge in [-0.1, -0.05) is 6.92 Å². The fourth-order valence-electron chi connectivity index (χ4n) is 1.92. The van der Waals surface area contributed by atoms with Crippen LogP contribution in [0.3, 0.4) is 0 Å². The third kappa shape index (κ3) is 6.44. The first-order valence-corrected chi connectivity index (χ1v) is 7.26. The number of furan rings is 1. The summed E-state index contributed by atoms with van der Waals surface area (Å²) in [4.78, 5) is 25.6. The van der Waals surface area contributed by atoms with E-state index in [1.807, 2.05) is 6.92 Å². The summed E-state index contributed by atoms with van der Waals surface area (Å²) in [5, 5.41) is 2.81. The highest BCUT2D eigenvalue weighted by Gasteiger charge is 2.16. The molecule has 0 atom stereocenters. The van der Waals surface area contributed by atoms with Gasteiger partial charge >= 0.3 is 0 Å². The summed E-state index contributed by atoms with van der Waals surface area (Å²) in [6.45, 7) is 4.26. The molecule has 21 heavy (non-hydrogen) atoms. The predicted molar refractivity (Wildman–Crippen MR) is 79.0 cm³/mol. The molecule has 0 radical (unpaired) electrons. The Morgan fingerprint density at radius 1 is 1.38 bits per heavy atom. The van der Waals surface area contributed by atoms with Gasteiger partial charge in [-0.05, 0) is 18.9 Å². The first-order chi connectivity index (χ1) is 10.2. The van der Waals surface area contributed by atoms with Gasteiger partial charge in [0.1, 0.15) is 6.26 Å². The second kappa shape index (κ2) is 9.99. The van der Waals surface area contributed by atoms with Crippen molar-refractivity contribution in [2.45, 2.75) is 26.2 Å². The molecular formula is C15H24N2O4. The molecule has 0 aliphatic carbocycles. The normalized spacial score (nSPS) is 10.4. The van der Waals surface area contributed by atoms with Gasteiger partial charge in [0.05, 0.1) is 11.8 Å². The van der Waals surface area contributed by atoms with Crippen LogP contribution < -0.4 is 5.32 Å². The standard InChI is InChI=1S/C15H24N2O4/c1-3-8-17(15(19)13-6-11-21-12-13)9-5-14(18)16-7-4-10-20-2/h6,11-12H,3-5,7-10H2,1-2H3,(H,16,18). The number of nitrogens with one attached hydrogen (secondary N) is 1. The van der Waals surface area contributed by atoms with Gasteiger partial charge in [-0.15, -0.1) is 0 Å². The molecule has 0 bridgehead atoms. The average molecular weight is 296 g/mol. The van der Waals surface area contributed by atoms with E-state index in [0.717, 1.165) is 12.8 Å². The molecule has 6 nitrogen and oxygen atoms in total. The predicted octanol–water partition coefficient (Wildman–Crippen LogP) is 1.67. The molecule has 0 fully saturated rings. The minimum Gasteiger partial charge on any atom is -0.472 e. The van der Waals surface area contributed by atoms with Crippen LogP contribution in [0, 0.1) is 0 Å². The summed E-state index contributed by atoms with van der Waals surface area (Å²) in [6, 6.07) is 1.63. The Kier molecular flexibility index (Phi) is 8.19. The van der Waals surface area contributed by atoms with Gasteiger partial charge in [0, 0.05) is 39.8 Å². The number of nitrogens with zero attached hydrogens (tertiary/aromatic N) is 1. The van der Waals surface area contributed by atoms with Crippen LogP contribution in [0.1, 0.15) is 36.5 Å². The number of rotatable bonds is 10. The number of amides is 2. The number of ether oxygens (including phenoxy) is 1. The van der Waals surface area contributed by atoms with Gasteiger partial charge in [0.15, 0.2) is 0 Å². The second-order valence-corrected chi connectivity index (χ2v) is 4.75. The van der Waals surface area contributed by atoms with Crippen molar-refractivity contribution in [3.05, 3.63) is 24.2 Å². The molecular weight excluding hydrogens is 272 g/mol. The number of hydrogen-bond acceptors (Lipinski definition) is 4. The Bertz CT molecular complexity index is 417. The molecule has 0 aliphatic rings. The average Bonchev–Trinajstić information content (AvgIpc) is 3.01. The fourth-order valence-corrected chi connectivity index (χ4v) is 1.92. The highest BCUT2D eigenvalue weighted by atomic mass is 16.5. The van der Waals surface area contributed by atoms with E-state index in [2.05, 4.69) is 5.32 Å². The van der Waals surface area contributed by atoms with Gasteiger partial charge in [-0.3, -0.25) is 9.59 Å². The molecule has 0 unspecified atom stereocenters. The maximum absolute atomic E-state index is 12.2. The van der Waals surface area contributed by atoms with Crippen molar-refractivity contribution in [3.8, 4) is 0 Å². The summed E-state index contributed by atoms with van der Waals surface area (Å²) < 4.78 is 9.84. The van der Waals surface area contributed by atoms with E-state index in [-0.39, 0.29) is 11.8 Å². The quantitative estimate of drug-likeness (QED) is 0.667. The smallest absolute Gasteiger partial charge is 0.257 e. The lowest BCUT2D eigenvalue weighted by Gasteiger charge is -2.21. The summed E-state index contributed by atoms with van der Waals surface area (Å²) in [7, 11) is 1.63. The van der Waals surface area contributed by atoms with Crippen LogP contribution in [-0.2, 0) is 9.53 Å². The molecule has 1 aromatic heterocycles. The summed E-state index contributed by atoms with van der Waals surface area (Å²) in [5.41, 5.74) is 0.518. The second-order valence-electron chi connectivity index (χ2n) is 4.75. The minimum atomic E-state index is -0.0993. The van der Waals surface area contributed by atoms with Crippen molar-refractivity contribution in [2.75, 3.05) is 33.4 Å². The Balaban J connectivity index is 2.37. The molecule has 1 N–H and O–H groups in total. The number of carbonyl (C=O) groups excluding carboxylic acids is 2. The van der Waals surface area contributed by atoms with E-state index in [4.69, 9.17) is 9.15 Å². The molecule has 2 amide bonds. The van der Waals surface area contributed by atoms with Crippen molar-refractivity contribution in [2.24, 2.45) is 0 Å². The van der Waals surface area contributed by atoms with E-state index >= 15 is 0 Å². The van der Waals surface area contributed by atoms with E-state index in [0.29, 0.717) is 38.2 Å². The van der Waals surface area contributed by atoms with Gasteiger partial charge in [0.25, 0.3) is 5.91 Å². The van der Waals surface area contributed by atoms with Crippen LogP contribution in [0.25, 0.3) is 0 Å². The largest absolute Gasteiger partial charge is 0.472 e. The lowest BCUT2D eigenvalue weighted by atomic mass is 10.2. The molecule has 1 heterocycles. The maximum atomic E-state index is 12.2.